The molecular weight excluding hydrogens is 301 g/mol. The SMILES string of the molecule is O=Cc1ccc(CCc2ccccc2)cc1Nc1ccccc1F. The minimum atomic E-state index is -0.343. The predicted molar refractivity (Wildman–Crippen MR) is 95.4 cm³/mol. The number of halogens is 1. The van der Waals surface area contributed by atoms with Crippen LogP contribution in [0.15, 0.2) is 72.8 Å². The highest BCUT2D eigenvalue weighted by Gasteiger charge is 2.07. The summed E-state index contributed by atoms with van der Waals surface area (Å²) >= 11 is 0. The number of hydrogen-bond acceptors (Lipinski definition) is 2. The third kappa shape index (κ3) is 3.87. The third-order valence-corrected chi connectivity index (χ3v) is 3.93. The van der Waals surface area contributed by atoms with E-state index in [9.17, 15) is 9.18 Å². The van der Waals surface area contributed by atoms with Crippen molar-refractivity contribution in [3.05, 3.63) is 95.3 Å². The Morgan fingerprint density at radius 2 is 1.50 bits per heavy atom. The average molecular weight is 319 g/mol. The lowest BCUT2D eigenvalue weighted by Gasteiger charge is -2.12. The highest BCUT2D eigenvalue weighted by molar-refractivity contribution is 5.86. The number of rotatable bonds is 6. The zero-order valence-corrected chi connectivity index (χ0v) is 13.2. The minimum absolute atomic E-state index is 0.343. The lowest BCUT2D eigenvalue weighted by molar-refractivity contribution is 0.112. The molecule has 0 aliphatic heterocycles. The van der Waals surface area contributed by atoms with Crippen LogP contribution in [0, 0.1) is 5.82 Å². The van der Waals surface area contributed by atoms with Crippen molar-refractivity contribution >= 4 is 17.7 Å². The van der Waals surface area contributed by atoms with E-state index >= 15 is 0 Å². The number of carbonyl (C=O) groups is 1. The summed E-state index contributed by atoms with van der Waals surface area (Å²) in [7, 11) is 0. The van der Waals surface area contributed by atoms with Crippen LogP contribution in [-0.2, 0) is 12.8 Å². The smallest absolute Gasteiger partial charge is 0.152 e. The molecule has 0 saturated heterocycles. The van der Waals surface area contributed by atoms with Gasteiger partial charge in [-0.1, -0.05) is 48.5 Å². The van der Waals surface area contributed by atoms with Gasteiger partial charge < -0.3 is 5.32 Å². The van der Waals surface area contributed by atoms with Crippen LogP contribution in [0.1, 0.15) is 21.5 Å². The summed E-state index contributed by atoms with van der Waals surface area (Å²) in [5, 5.41) is 3.02. The first-order valence-electron chi connectivity index (χ1n) is 7.90. The molecule has 0 saturated carbocycles. The zero-order valence-electron chi connectivity index (χ0n) is 13.2. The van der Waals surface area contributed by atoms with Crippen molar-refractivity contribution in [3.8, 4) is 0 Å². The molecule has 2 nitrogen and oxygen atoms in total. The highest BCUT2D eigenvalue weighted by atomic mass is 19.1. The maximum atomic E-state index is 13.8. The molecule has 0 heterocycles. The van der Waals surface area contributed by atoms with Crippen LogP contribution in [0.2, 0.25) is 0 Å². The summed E-state index contributed by atoms with van der Waals surface area (Å²) in [5.41, 5.74) is 3.87. The van der Waals surface area contributed by atoms with Gasteiger partial charge in [0.1, 0.15) is 5.82 Å². The lowest BCUT2D eigenvalue weighted by atomic mass is 10.0. The van der Waals surface area contributed by atoms with Gasteiger partial charge in [0.15, 0.2) is 6.29 Å². The second-order valence-corrected chi connectivity index (χ2v) is 5.63. The second-order valence-electron chi connectivity index (χ2n) is 5.63. The van der Waals surface area contributed by atoms with E-state index in [-0.39, 0.29) is 5.82 Å². The third-order valence-electron chi connectivity index (χ3n) is 3.93. The van der Waals surface area contributed by atoms with Crippen molar-refractivity contribution in [2.75, 3.05) is 5.32 Å². The molecule has 0 bridgehead atoms. The van der Waals surface area contributed by atoms with Crippen molar-refractivity contribution in [1.82, 2.24) is 0 Å². The van der Waals surface area contributed by atoms with Crippen LogP contribution in [0.4, 0.5) is 15.8 Å². The van der Waals surface area contributed by atoms with Gasteiger partial charge in [-0.25, -0.2) is 4.39 Å². The predicted octanol–water partition coefficient (Wildman–Crippen LogP) is 5.17. The molecule has 3 aromatic rings. The summed E-state index contributed by atoms with van der Waals surface area (Å²) in [6.45, 7) is 0. The maximum Gasteiger partial charge on any atom is 0.152 e. The van der Waals surface area contributed by atoms with E-state index in [0.29, 0.717) is 16.9 Å². The van der Waals surface area contributed by atoms with E-state index in [1.165, 1.54) is 11.6 Å². The summed E-state index contributed by atoms with van der Waals surface area (Å²) in [5.74, 6) is -0.343. The molecule has 0 aliphatic rings. The van der Waals surface area contributed by atoms with Crippen LogP contribution >= 0.6 is 0 Å². The Balaban J connectivity index is 1.80. The van der Waals surface area contributed by atoms with Gasteiger partial charge in [0, 0.05) is 11.3 Å². The summed E-state index contributed by atoms with van der Waals surface area (Å²) in [6.07, 6.45) is 2.56. The van der Waals surface area contributed by atoms with E-state index in [1.807, 2.05) is 30.3 Å². The molecule has 0 amide bonds. The van der Waals surface area contributed by atoms with Crippen LogP contribution in [0.5, 0.6) is 0 Å². The molecular formula is C21H18FNO. The molecule has 0 atom stereocenters. The summed E-state index contributed by atoms with van der Waals surface area (Å²) in [6, 6.07) is 22.3. The molecule has 0 radical (unpaired) electrons. The Hall–Kier alpha value is -2.94. The molecule has 1 N–H and O–H groups in total. The fraction of sp³-hybridized carbons (Fsp3) is 0.0952. The first-order chi connectivity index (χ1) is 11.8. The van der Waals surface area contributed by atoms with Gasteiger partial charge >= 0.3 is 0 Å². The molecule has 0 aliphatic carbocycles. The van der Waals surface area contributed by atoms with Gasteiger partial charge in [-0.3, -0.25) is 4.79 Å². The summed E-state index contributed by atoms with van der Waals surface area (Å²) < 4.78 is 13.8. The van der Waals surface area contributed by atoms with Gasteiger partial charge in [0.05, 0.1) is 5.69 Å². The van der Waals surface area contributed by atoms with Crippen LogP contribution < -0.4 is 5.32 Å². The Morgan fingerprint density at radius 1 is 0.792 bits per heavy atom. The van der Waals surface area contributed by atoms with Crippen molar-refractivity contribution in [1.29, 1.82) is 0 Å². The fourth-order valence-electron chi connectivity index (χ4n) is 2.61. The first-order valence-corrected chi connectivity index (χ1v) is 7.90. The van der Waals surface area contributed by atoms with E-state index in [0.717, 1.165) is 24.7 Å². The standard InChI is InChI=1S/C21H18FNO/c22-19-8-4-5-9-20(19)23-21-14-17(12-13-18(21)15-24)11-10-16-6-2-1-3-7-16/h1-9,12-15,23H,10-11H2. The van der Waals surface area contributed by atoms with Crippen molar-refractivity contribution in [2.45, 2.75) is 12.8 Å². The molecule has 24 heavy (non-hydrogen) atoms. The molecule has 0 fully saturated rings. The normalized spacial score (nSPS) is 10.4. The Labute approximate surface area is 141 Å². The number of aldehydes is 1. The van der Waals surface area contributed by atoms with Crippen molar-refractivity contribution in [2.24, 2.45) is 0 Å². The number of anilines is 2. The minimum Gasteiger partial charge on any atom is -0.353 e. The van der Waals surface area contributed by atoms with Crippen molar-refractivity contribution in [3.63, 3.8) is 0 Å². The Morgan fingerprint density at radius 3 is 2.25 bits per heavy atom. The van der Waals surface area contributed by atoms with Crippen LogP contribution in [0.25, 0.3) is 0 Å². The van der Waals surface area contributed by atoms with Gasteiger partial charge in [-0.05, 0) is 48.2 Å². The second kappa shape index (κ2) is 7.55. The van der Waals surface area contributed by atoms with Crippen LogP contribution in [-0.4, -0.2) is 6.29 Å². The quantitative estimate of drug-likeness (QED) is 0.635. The van der Waals surface area contributed by atoms with E-state index < -0.39 is 0 Å². The molecule has 0 aromatic heterocycles. The molecule has 3 heteroatoms. The molecule has 3 rings (SSSR count). The average Bonchev–Trinajstić information content (AvgIpc) is 2.63. The van der Waals surface area contributed by atoms with E-state index in [4.69, 9.17) is 0 Å². The summed E-state index contributed by atoms with van der Waals surface area (Å²) in [4.78, 5) is 11.3. The molecule has 0 unspecified atom stereocenters. The molecule has 0 spiro atoms. The fourth-order valence-corrected chi connectivity index (χ4v) is 2.61. The van der Waals surface area contributed by atoms with E-state index in [2.05, 4.69) is 17.4 Å². The van der Waals surface area contributed by atoms with Gasteiger partial charge in [0.2, 0.25) is 0 Å². The first kappa shape index (κ1) is 15.9. The van der Waals surface area contributed by atoms with Gasteiger partial charge in [-0.15, -0.1) is 0 Å². The Bertz CT molecular complexity index is 830. The Kier molecular flexibility index (Phi) is 5.02. The molecule has 3 aromatic carbocycles. The number of benzene rings is 3. The molecule has 120 valence electrons. The number of aryl methyl sites for hydroxylation is 2. The van der Waals surface area contributed by atoms with Gasteiger partial charge in [-0.2, -0.15) is 0 Å². The maximum absolute atomic E-state index is 13.8. The number of carbonyl (C=O) groups excluding carboxylic acids is 1. The van der Waals surface area contributed by atoms with E-state index in [1.54, 1.807) is 24.3 Å². The zero-order chi connectivity index (χ0) is 16.8. The van der Waals surface area contributed by atoms with Gasteiger partial charge in [0.25, 0.3) is 0 Å². The topological polar surface area (TPSA) is 29.1 Å². The highest BCUT2D eigenvalue weighted by Crippen LogP contribution is 2.24. The number of nitrogens with one attached hydrogen (secondary N) is 1. The largest absolute Gasteiger partial charge is 0.353 e. The monoisotopic (exact) mass is 319 g/mol. The van der Waals surface area contributed by atoms with Crippen molar-refractivity contribution < 1.29 is 9.18 Å². The number of hydrogen-bond donors (Lipinski definition) is 1. The number of para-hydroxylation sites is 1. The lowest BCUT2D eigenvalue weighted by Crippen LogP contribution is -2.00. The van der Waals surface area contributed by atoms with Crippen LogP contribution in [0.3, 0.4) is 0 Å².